The maximum Gasteiger partial charge on any atom is 0.227 e. The van der Waals surface area contributed by atoms with Gasteiger partial charge in [0.05, 0.1) is 10.2 Å². The van der Waals surface area contributed by atoms with E-state index in [2.05, 4.69) is 48.5 Å². The molecule has 3 aromatic heterocycles. The Labute approximate surface area is 280 Å². The lowest BCUT2D eigenvalue weighted by atomic mass is 10.0. The number of benzene rings is 6. The standard InChI is InChI=1S/C41H25N5OS/c1-3-11-26(12-4-1)37-44-38(27-21-23-29(24-22-27)41-42-33-18-7-8-20-35(33)48-41)46-39(45-37)31-16-9-15-30(25-31)32-17-10-19-34-36(32)43-40(47-34)28-13-5-2-6-14-28/h1-25H. The molecule has 6 nitrogen and oxygen atoms in total. The van der Waals surface area contributed by atoms with Crippen LogP contribution < -0.4 is 0 Å². The van der Waals surface area contributed by atoms with Crippen LogP contribution in [0, 0.1) is 0 Å². The van der Waals surface area contributed by atoms with E-state index in [1.165, 1.54) is 4.70 Å². The smallest absolute Gasteiger partial charge is 0.227 e. The van der Waals surface area contributed by atoms with Gasteiger partial charge in [0, 0.05) is 33.4 Å². The number of hydrogen-bond donors (Lipinski definition) is 0. The van der Waals surface area contributed by atoms with Crippen LogP contribution in [-0.4, -0.2) is 24.9 Å². The highest BCUT2D eigenvalue weighted by Gasteiger charge is 2.16. The van der Waals surface area contributed by atoms with Crippen LogP contribution in [0.15, 0.2) is 156 Å². The summed E-state index contributed by atoms with van der Waals surface area (Å²) in [5, 5.41) is 0.985. The topological polar surface area (TPSA) is 77.6 Å². The molecule has 226 valence electrons. The lowest BCUT2D eigenvalue weighted by Crippen LogP contribution is -2.00. The molecule has 9 aromatic rings. The van der Waals surface area contributed by atoms with Gasteiger partial charge < -0.3 is 4.42 Å². The lowest BCUT2D eigenvalue weighted by Gasteiger charge is -2.10. The molecule has 48 heavy (non-hydrogen) atoms. The van der Waals surface area contributed by atoms with E-state index in [9.17, 15) is 0 Å². The number of thiazole rings is 1. The summed E-state index contributed by atoms with van der Waals surface area (Å²) >= 11 is 1.69. The number of hydrogen-bond acceptors (Lipinski definition) is 7. The second-order valence-corrected chi connectivity index (χ2v) is 12.4. The maximum absolute atomic E-state index is 6.17. The fourth-order valence-electron chi connectivity index (χ4n) is 5.82. The Balaban J connectivity index is 1.12. The molecule has 3 heterocycles. The van der Waals surface area contributed by atoms with Crippen LogP contribution in [0.1, 0.15) is 0 Å². The van der Waals surface area contributed by atoms with Crippen molar-refractivity contribution >= 4 is 32.7 Å². The zero-order valence-electron chi connectivity index (χ0n) is 25.5. The van der Waals surface area contributed by atoms with Gasteiger partial charge in [0.15, 0.2) is 23.1 Å². The largest absolute Gasteiger partial charge is 0.436 e. The third kappa shape index (κ3) is 5.22. The molecule has 6 aromatic carbocycles. The quantitative estimate of drug-likeness (QED) is 0.181. The highest BCUT2D eigenvalue weighted by molar-refractivity contribution is 7.21. The second-order valence-electron chi connectivity index (χ2n) is 11.4. The minimum absolute atomic E-state index is 0.591. The van der Waals surface area contributed by atoms with Crippen molar-refractivity contribution < 1.29 is 4.42 Å². The molecule has 0 aliphatic carbocycles. The third-order valence-electron chi connectivity index (χ3n) is 8.22. The summed E-state index contributed by atoms with van der Waals surface area (Å²) in [6.07, 6.45) is 0. The molecule has 9 rings (SSSR count). The van der Waals surface area contributed by atoms with Gasteiger partial charge in [-0.1, -0.05) is 115 Å². The van der Waals surface area contributed by atoms with E-state index in [-0.39, 0.29) is 0 Å². The van der Waals surface area contributed by atoms with Crippen molar-refractivity contribution in [1.82, 2.24) is 24.9 Å². The molecular weight excluding hydrogens is 611 g/mol. The Kier molecular flexibility index (Phi) is 6.87. The normalized spacial score (nSPS) is 11.3. The first-order valence-corrected chi connectivity index (χ1v) is 16.4. The van der Waals surface area contributed by atoms with Crippen LogP contribution in [0.25, 0.3) is 88.6 Å². The predicted octanol–water partition coefficient (Wildman–Crippen LogP) is 10.6. The first-order chi connectivity index (χ1) is 23.7. The van der Waals surface area contributed by atoms with Gasteiger partial charge in [-0.25, -0.2) is 24.9 Å². The number of oxazole rings is 1. The zero-order valence-corrected chi connectivity index (χ0v) is 26.3. The van der Waals surface area contributed by atoms with E-state index in [0.717, 1.165) is 60.6 Å². The van der Waals surface area contributed by atoms with Gasteiger partial charge in [-0.05, 0) is 42.0 Å². The molecule has 0 unspecified atom stereocenters. The highest BCUT2D eigenvalue weighted by atomic mass is 32.1. The van der Waals surface area contributed by atoms with Crippen LogP contribution in [0.4, 0.5) is 0 Å². The van der Waals surface area contributed by atoms with Crippen LogP contribution in [-0.2, 0) is 0 Å². The fourth-order valence-corrected chi connectivity index (χ4v) is 6.79. The maximum atomic E-state index is 6.17. The summed E-state index contributed by atoms with van der Waals surface area (Å²) < 4.78 is 7.34. The van der Waals surface area contributed by atoms with Crippen molar-refractivity contribution in [1.29, 1.82) is 0 Å². The van der Waals surface area contributed by atoms with E-state index in [4.69, 9.17) is 29.3 Å². The van der Waals surface area contributed by atoms with Crippen molar-refractivity contribution in [2.24, 2.45) is 0 Å². The van der Waals surface area contributed by atoms with E-state index in [1.807, 2.05) is 103 Å². The van der Waals surface area contributed by atoms with Crippen LogP contribution in [0.5, 0.6) is 0 Å². The molecule has 0 aliphatic rings. The van der Waals surface area contributed by atoms with E-state index < -0.39 is 0 Å². The minimum Gasteiger partial charge on any atom is -0.436 e. The number of para-hydroxylation sites is 2. The van der Waals surface area contributed by atoms with Crippen LogP contribution >= 0.6 is 11.3 Å². The second kappa shape index (κ2) is 11.8. The summed E-state index contributed by atoms with van der Waals surface area (Å²) in [6, 6.07) is 50.7. The van der Waals surface area contributed by atoms with Crippen LogP contribution in [0.3, 0.4) is 0 Å². The van der Waals surface area contributed by atoms with E-state index in [0.29, 0.717) is 23.4 Å². The van der Waals surface area contributed by atoms with Gasteiger partial charge in [-0.3, -0.25) is 0 Å². The molecular formula is C41H25N5OS. The van der Waals surface area contributed by atoms with Gasteiger partial charge in [-0.2, -0.15) is 0 Å². The molecule has 0 bridgehead atoms. The molecule has 0 atom stereocenters. The molecule has 0 N–H and O–H groups in total. The highest BCUT2D eigenvalue weighted by Crippen LogP contribution is 2.35. The van der Waals surface area contributed by atoms with E-state index >= 15 is 0 Å². The Morgan fingerprint density at radius 2 is 1.00 bits per heavy atom. The summed E-state index contributed by atoms with van der Waals surface area (Å²) in [6.45, 7) is 0. The van der Waals surface area contributed by atoms with Gasteiger partial charge in [0.1, 0.15) is 10.5 Å². The molecule has 0 saturated heterocycles. The first-order valence-electron chi connectivity index (χ1n) is 15.6. The van der Waals surface area contributed by atoms with Crippen molar-refractivity contribution in [3.05, 3.63) is 152 Å². The van der Waals surface area contributed by atoms with Gasteiger partial charge >= 0.3 is 0 Å². The number of rotatable bonds is 6. The van der Waals surface area contributed by atoms with Crippen molar-refractivity contribution in [2.75, 3.05) is 0 Å². The lowest BCUT2D eigenvalue weighted by molar-refractivity contribution is 0.620. The summed E-state index contributed by atoms with van der Waals surface area (Å²) in [5.74, 6) is 2.40. The SMILES string of the molecule is c1ccc(-c2nc(-c3ccc(-c4nc5ccccc5s4)cc3)nc(-c3cccc(-c4cccc5oc(-c6ccccc6)nc45)c3)n2)cc1. The average Bonchev–Trinajstić information content (AvgIpc) is 3.81. The molecule has 0 amide bonds. The first kappa shape index (κ1) is 28.0. The number of fused-ring (bicyclic) bond motifs is 2. The van der Waals surface area contributed by atoms with E-state index in [1.54, 1.807) is 11.3 Å². The molecule has 0 saturated carbocycles. The minimum atomic E-state index is 0.591. The molecule has 0 fully saturated rings. The molecule has 0 spiro atoms. The Morgan fingerprint density at radius 1 is 0.417 bits per heavy atom. The Bertz CT molecular complexity index is 2530. The summed E-state index contributed by atoms with van der Waals surface area (Å²) in [7, 11) is 0. The summed E-state index contributed by atoms with van der Waals surface area (Å²) in [4.78, 5) is 24.6. The fraction of sp³-hybridized carbons (Fsp3) is 0. The monoisotopic (exact) mass is 635 g/mol. The predicted molar refractivity (Wildman–Crippen MR) is 193 cm³/mol. The Hall–Kier alpha value is -6.31. The van der Waals surface area contributed by atoms with Crippen LogP contribution in [0.2, 0.25) is 0 Å². The van der Waals surface area contributed by atoms with Gasteiger partial charge in [0.25, 0.3) is 0 Å². The number of nitrogens with zero attached hydrogens (tertiary/aromatic N) is 5. The van der Waals surface area contributed by atoms with Gasteiger partial charge in [-0.15, -0.1) is 11.3 Å². The van der Waals surface area contributed by atoms with Crippen molar-refractivity contribution in [2.45, 2.75) is 0 Å². The number of aromatic nitrogens is 5. The molecule has 7 heteroatoms. The Morgan fingerprint density at radius 3 is 1.75 bits per heavy atom. The average molecular weight is 636 g/mol. The zero-order chi connectivity index (χ0) is 31.9. The molecule has 0 radical (unpaired) electrons. The van der Waals surface area contributed by atoms with Gasteiger partial charge in [0.2, 0.25) is 5.89 Å². The van der Waals surface area contributed by atoms with Crippen molar-refractivity contribution in [3.63, 3.8) is 0 Å². The molecule has 0 aliphatic heterocycles. The third-order valence-corrected chi connectivity index (χ3v) is 9.31. The van der Waals surface area contributed by atoms with Crippen molar-refractivity contribution in [3.8, 4) is 67.3 Å². The summed E-state index contributed by atoms with van der Waals surface area (Å²) in [5.41, 5.74) is 9.22.